The third-order valence-corrected chi connectivity index (χ3v) is 4.37. The summed E-state index contributed by atoms with van der Waals surface area (Å²) < 4.78 is 6.89. The van der Waals surface area contributed by atoms with Crippen molar-refractivity contribution in [1.82, 2.24) is 20.3 Å². The maximum Gasteiger partial charge on any atom is 0.273 e. The zero-order valence-corrected chi connectivity index (χ0v) is 16.0. The lowest BCUT2D eigenvalue weighted by Crippen LogP contribution is -2.33. The Balaban J connectivity index is 1.32. The summed E-state index contributed by atoms with van der Waals surface area (Å²) in [7, 11) is 0. The minimum Gasteiger partial charge on any atom is -0.355 e. The van der Waals surface area contributed by atoms with Crippen molar-refractivity contribution in [1.29, 1.82) is 0 Å². The monoisotopic (exact) mass is 401 g/mol. The predicted molar refractivity (Wildman–Crippen MR) is 111 cm³/mol. The largest absolute Gasteiger partial charge is 0.355 e. The maximum atomic E-state index is 12.3. The van der Waals surface area contributed by atoms with E-state index >= 15 is 0 Å². The van der Waals surface area contributed by atoms with E-state index in [1.807, 2.05) is 60.7 Å². The van der Waals surface area contributed by atoms with Crippen LogP contribution in [0.2, 0.25) is 0 Å². The summed E-state index contributed by atoms with van der Waals surface area (Å²) in [5.41, 5.74) is 1.98. The highest BCUT2D eigenvalue weighted by atomic mass is 16.5. The number of amides is 2. The van der Waals surface area contributed by atoms with E-state index in [9.17, 15) is 9.59 Å². The minimum absolute atomic E-state index is 0.107. The maximum absolute atomic E-state index is 12.3. The SMILES string of the molecule is O=C(CNC(=O)c1cc(-c2ccccc2)on1)Nc1ccnn1Cc1ccccc1. The smallest absolute Gasteiger partial charge is 0.273 e. The van der Waals surface area contributed by atoms with E-state index in [2.05, 4.69) is 20.9 Å². The molecule has 0 aliphatic carbocycles. The molecule has 2 heterocycles. The highest BCUT2D eigenvalue weighted by Gasteiger charge is 2.15. The van der Waals surface area contributed by atoms with Crippen LogP contribution in [0, 0.1) is 0 Å². The molecule has 0 unspecified atom stereocenters. The fraction of sp³-hybridized carbons (Fsp3) is 0.0909. The second kappa shape index (κ2) is 8.87. The summed E-state index contributed by atoms with van der Waals surface area (Å²) in [5.74, 6) is 0.166. The van der Waals surface area contributed by atoms with E-state index in [4.69, 9.17) is 4.52 Å². The number of nitrogens with zero attached hydrogens (tertiary/aromatic N) is 3. The zero-order valence-electron chi connectivity index (χ0n) is 16.0. The van der Waals surface area contributed by atoms with Crippen molar-refractivity contribution in [2.45, 2.75) is 6.54 Å². The van der Waals surface area contributed by atoms with E-state index in [0.29, 0.717) is 18.1 Å². The standard InChI is InChI=1S/C22H19N5O3/c28-21(25-20-11-12-24-27(20)15-16-7-3-1-4-8-16)14-23-22(29)18-13-19(30-26-18)17-9-5-2-6-10-17/h1-13H,14-15H2,(H,23,29)(H,25,28). The van der Waals surface area contributed by atoms with Crippen molar-refractivity contribution < 1.29 is 14.1 Å². The summed E-state index contributed by atoms with van der Waals surface area (Å²) in [5, 5.41) is 13.3. The van der Waals surface area contributed by atoms with Gasteiger partial charge in [-0.1, -0.05) is 65.8 Å². The van der Waals surface area contributed by atoms with Crippen molar-refractivity contribution in [3.63, 3.8) is 0 Å². The van der Waals surface area contributed by atoms with Crippen LogP contribution in [-0.4, -0.2) is 33.3 Å². The summed E-state index contributed by atoms with van der Waals surface area (Å²) in [6, 6.07) is 22.4. The molecular weight excluding hydrogens is 382 g/mol. The molecule has 2 amide bonds. The molecule has 0 atom stereocenters. The molecule has 0 bridgehead atoms. The van der Waals surface area contributed by atoms with Gasteiger partial charge < -0.3 is 15.2 Å². The lowest BCUT2D eigenvalue weighted by atomic mass is 10.1. The predicted octanol–water partition coefficient (Wildman–Crippen LogP) is 2.95. The normalized spacial score (nSPS) is 10.5. The molecule has 0 aliphatic rings. The van der Waals surface area contributed by atoms with Gasteiger partial charge in [0.15, 0.2) is 11.5 Å². The van der Waals surface area contributed by atoms with Crippen LogP contribution in [0.25, 0.3) is 11.3 Å². The molecular formula is C22H19N5O3. The summed E-state index contributed by atoms with van der Waals surface area (Å²) >= 11 is 0. The summed E-state index contributed by atoms with van der Waals surface area (Å²) in [6.07, 6.45) is 1.61. The van der Waals surface area contributed by atoms with E-state index in [1.54, 1.807) is 16.9 Å². The molecule has 0 saturated heterocycles. The molecule has 0 saturated carbocycles. The molecule has 8 nitrogen and oxygen atoms in total. The van der Waals surface area contributed by atoms with E-state index in [0.717, 1.165) is 11.1 Å². The Morgan fingerprint density at radius 2 is 1.70 bits per heavy atom. The Morgan fingerprint density at radius 1 is 0.967 bits per heavy atom. The van der Waals surface area contributed by atoms with Crippen LogP contribution in [0.15, 0.2) is 83.5 Å². The molecule has 0 radical (unpaired) electrons. The number of aromatic nitrogens is 3. The number of rotatable bonds is 7. The number of anilines is 1. The zero-order chi connectivity index (χ0) is 20.8. The Morgan fingerprint density at radius 3 is 2.47 bits per heavy atom. The number of hydrogen-bond donors (Lipinski definition) is 2. The lowest BCUT2D eigenvalue weighted by molar-refractivity contribution is -0.115. The first kappa shape index (κ1) is 19.1. The molecule has 30 heavy (non-hydrogen) atoms. The summed E-state index contributed by atoms with van der Waals surface area (Å²) in [6.45, 7) is 0.319. The van der Waals surface area contributed by atoms with Gasteiger partial charge in [0.1, 0.15) is 5.82 Å². The molecule has 0 aliphatic heterocycles. The second-order valence-electron chi connectivity index (χ2n) is 6.53. The van der Waals surface area contributed by atoms with Crippen LogP contribution in [0.4, 0.5) is 5.82 Å². The van der Waals surface area contributed by atoms with Gasteiger partial charge >= 0.3 is 0 Å². The molecule has 150 valence electrons. The first-order valence-electron chi connectivity index (χ1n) is 9.35. The van der Waals surface area contributed by atoms with Gasteiger partial charge in [0, 0.05) is 17.7 Å². The van der Waals surface area contributed by atoms with Crippen LogP contribution in [0.1, 0.15) is 16.1 Å². The van der Waals surface area contributed by atoms with E-state index in [1.165, 1.54) is 6.07 Å². The average molecular weight is 401 g/mol. The lowest BCUT2D eigenvalue weighted by Gasteiger charge is -2.09. The fourth-order valence-corrected chi connectivity index (χ4v) is 2.88. The molecule has 2 aromatic carbocycles. The highest BCUT2D eigenvalue weighted by molar-refractivity contribution is 5.98. The van der Waals surface area contributed by atoms with E-state index < -0.39 is 5.91 Å². The minimum atomic E-state index is -0.492. The van der Waals surface area contributed by atoms with Gasteiger partial charge in [-0.15, -0.1) is 0 Å². The van der Waals surface area contributed by atoms with Crippen molar-refractivity contribution in [3.05, 3.63) is 90.3 Å². The Labute approximate surface area is 172 Å². The Hall–Kier alpha value is -4.20. The van der Waals surface area contributed by atoms with Gasteiger partial charge in [0.2, 0.25) is 5.91 Å². The van der Waals surface area contributed by atoms with Crippen LogP contribution in [0.3, 0.4) is 0 Å². The third-order valence-electron chi connectivity index (χ3n) is 4.37. The quantitative estimate of drug-likeness (QED) is 0.496. The second-order valence-corrected chi connectivity index (χ2v) is 6.53. The number of hydrogen-bond acceptors (Lipinski definition) is 5. The number of benzene rings is 2. The first-order valence-corrected chi connectivity index (χ1v) is 9.35. The van der Waals surface area contributed by atoms with Crippen molar-refractivity contribution in [3.8, 4) is 11.3 Å². The van der Waals surface area contributed by atoms with Crippen LogP contribution >= 0.6 is 0 Å². The Bertz CT molecular complexity index is 1140. The molecule has 2 aromatic heterocycles. The molecule has 0 fully saturated rings. The molecule has 0 spiro atoms. The van der Waals surface area contributed by atoms with E-state index in [-0.39, 0.29) is 18.1 Å². The van der Waals surface area contributed by atoms with Gasteiger partial charge in [-0.05, 0) is 5.56 Å². The van der Waals surface area contributed by atoms with Crippen LogP contribution in [-0.2, 0) is 11.3 Å². The van der Waals surface area contributed by atoms with Crippen molar-refractivity contribution >= 4 is 17.6 Å². The van der Waals surface area contributed by atoms with Gasteiger partial charge in [-0.25, -0.2) is 4.68 Å². The number of carbonyl (C=O) groups is 2. The molecule has 2 N–H and O–H groups in total. The van der Waals surface area contributed by atoms with Crippen LogP contribution in [0.5, 0.6) is 0 Å². The van der Waals surface area contributed by atoms with Crippen LogP contribution < -0.4 is 10.6 Å². The molecule has 8 heteroatoms. The van der Waals surface area contributed by atoms with Gasteiger partial charge in [0.25, 0.3) is 5.91 Å². The topological polar surface area (TPSA) is 102 Å². The van der Waals surface area contributed by atoms with Gasteiger partial charge in [-0.2, -0.15) is 5.10 Å². The van der Waals surface area contributed by atoms with Crippen molar-refractivity contribution in [2.75, 3.05) is 11.9 Å². The van der Waals surface area contributed by atoms with Gasteiger partial charge in [-0.3, -0.25) is 9.59 Å². The number of nitrogens with one attached hydrogen (secondary N) is 2. The van der Waals surface area contributed by atoms with Gasteiger partial charge in [0.05, 0.1) is 19.3 Å². The van der Waals surface area contributed by atoms with Crippen molar-refractivity contribution in [2.24, 2.45) is 0 Å². The summed E-state index contributed by atoms with van der Waals surface area (Å²) in [4.78, 5) is 24.5. The Kier molecular flexibility index (Phi) is 5.66. The third kappa shape index (κ3) is 4.61. The first-order chi connectivity index (χ1) is 14.7. The molecule has 4 aromatic rings. The average Bonchev–Trinajstić information content (AvgIpc) is 3.44. The number of carbonyl (C=O) groups excluding carboxylic acids is 2. The fourth-order valence-electron chi connectivity index (χ4n) is 2.88. The molecule has 4 rings (SSSR count). The highest BCUT2D eigenvalue weighted by Crippen LogP contribution is 2.19.